The number of aryl methyl sites for hydroxylation is 1. The highest BCUT2D eigenvalue weighted by atomic mass is 16.5. The van der Waals surface area contributed by atoms with Crippen LogP contribution in [-0.4, -0.2) is 40.2 Å². The van der Waals surface area contributed by atoms with Crippen molar-refractivity contribution in [1.29, 1.82) is 0 Å². The first-order valence-corrected chi connectivity index (χ1v) is 6.49. The molecular formula is C12H22N4O. The molecule has 1 fully saturated rings. The van der Waals surface area contributed by atoms with E-state index < -0.39 is 0 Å². The normalized spacial score (nSPS) is 26.3. The lowest BCUT2D eigenvalue weighted by Gasteiger charge is -2.39. The fourth-order valence-corrected chi connectivity index (χ4v) is 2.38. The van der Waals surface area contributed by atoms with E-state index in [9.17, 15) is 0 Å². The Kier molecular flexibility index (Phi) is 4.12. The maximum atomic E-state index is 5.21. The van der Waals surface area contributed by atoms with Crippen molar-refractivity contribution in [2.75, 3.05) is 13.1 Å². The van der Waals surface area contributed by atoms with E-state index >= 15 is 0 Å². The summed E-state index contributed by atoms with van der Waals surface area (Å²) in [5.74, 6) is 1.45. The number of piperazine rings is 1. The first-order valence-electron chi connectivity index (χ1n) is 6.49. The third-order valence-electron chi connectivity index (χ3n) is 3.49. The van der Waals surface area contributed by atoms with E-state index in [1.165, 1.54) is 0 Å². The highest BCUT2D eigenvalue weighted by molar-refractivity contribution is 4.89. The van der Waals surface area contributed by atoms with Gasteiger partial charge >= 0.3 is 0 Å². The van der Waals surface area contributed by atoms with Gasteiger partial charge in [0, 0.05) is 25.2 Å². The van der Waals surface area contributed by atoms with Crippen LogP contribution >= 0.6 is 0 Å². The summed E-state index contributed by atoms with van der Waals surface area (Å²) in [7, 11) is 0. The van der Waals surface area contributed by atoms with Crippen molar-refractivity contribution in [3.05, 3.63) is 11.7 Å². The quantitative estimate of drug-likeness (QED) is 0.858. The van der Waals surface area contributed by atoms with Gasteiger partial charge in [0.25, 0.3) is 0 Å². The van der Waals surface area contributed by atoms with Crippen LogP contribution in [0.5, 0.6) is 0 Å². The van der Waals surface area contributed by atoms with Crippen molar-refractivity contribution in [3.8, 4) is 0 Å². The van der Waals surface area contributed by atoms with Crippen molar-refractivity contribution < 1.29 is 4.52 Å². The molecule has 96 valence electrons. The highest BCUT2D eigenvalue weighted by Crippen LogP contribution is 2.15. The molecule has 2 unspecified atom stereocenters. The van der Waals surface area contributed by atoms with Crippen molar-refractivity contribution in [1.82, 2.24) is 20.4 Å². The lowest BCUT2D eigenvalue weighted by Crippen LogP contribution is -2.55. The minimum absolute atomic E-state index is 0.574. The van der Waals surface area contributed by atoms with Crippen LogP contribution in [0.25, 0.3) is 0 Å². The van der Waals surface area contributed by atoms with Gasteiger partial charge in [-0.05, 0) is 19.8 Å². The molecule has 17 heavy (non-hydrogen) atoms. The summed E-state index contributed by atoms with van der Waals surface area (Å²) in [5.41, 5.74) is 0. The molecule has 0 aromatic carbocycles. The summed E-state index contributed by atoms with van der Waals surface area (Å²) in [6.45, 7) is 9.21. The summed E-state index contributed by atoms with van der Waals surface area (Å²) in [4.78, 5) is 6.74. The monoisotopic (exact) mass is 238 g/mol. The molecule has 1 aliphatic rings. The molecule has 0 aliphatic carbocycles. The van der Waals surface area contributed by atoms with E-state index in [4.69, 9.17) is 4.52 Å². The van der Waals surface area contributed by atoms with Crippen LogP contribution in [0.15, 0.2) is 4.52 Å². The molecule has 1 aliphatic heterocycles. The molecule has 1 aromatic heterocycles. The molecule has 0 radical (unpaired) electrons. The van der Waals surface area contributed by atoms with Gasteiger partial charge in [0.2, 0.25) is 5.89 Å². The summed E-state index contributed by atoms with van der Waals surface area (Å²) in [6.07, 6.45) is 2.31. The molecule has 0 spiro atoms. The van der Waals surface area contributed by atoms with Gasteiger partial charge in [-0.1, -0.05) is 19.0 Å². The molecule has 1 N–H and O–H groups in total. The Morgan fingerprint density at radius 2 is 2.24 bits per heavy atom. The largest absolute Gasteiger partial charge is 0.338 e. The highest BCUT2D eigenvalue weighted by Gasteiger charge is 2.26. The molecule has 0 bridgehead atoms. The summed E-state index contributed by atoms with van der Waals surface area (Å²) in [5, 5.41) is 7.43. The van der Waals surface area contributed by atoms with Crippen LogP contribution in [0.1, 0.15) is 38.4 Å². The molecule has 1 aromatic rings. The Bertz CT molecular complexity index is 352. The van der Waals surface area contributed by atoms with Crippen LogP contribution in [0.2, 0.25) is 0 Å². The van der Waals surface area contributed by atoms with Crippen LogP contribution in [0, 0.1) is 6.92 Å². The van der Waals surface area contributed by atoms with Crippen LogP contribution in [-0.2, 0) is 6.54 Å². The SMILES string of the molecule is CCC1CN(Cc2nc(C)no2)C(CC)CN1. The Labute approximate surface area is 103 Å². The second-order valence-electron chi connectivity index (χ2n) is 4.74. The third kappa shape index (κ3) is 3.04. The molecule has 2 atom stereocenters. The summed E-state index contributed by atoms with van der Waals surface area (Å²) >= 11 is 0. The zero-order valence-electron chi connectivity index (χ0n) is 10.9. The van der Waals surface area contributed by atoms with Crippen molar-refractivity contribution in [2.24, 2.45) is 0 Å². The molecule has 2 heterocycles. The lowest BCUT2D eigenvalue weighted by molar-refractivity contribution is 0.104. The zero-order chi connectivity index (χ0) is 12.3. The average Bonchev–Trinajstić information content (AvgIpc) is 2.74. The van der Waals surface area contributed by atoms with Gasteiger partial charge in [0.05, 0.1) is 6.54 Å². The van der Waals surface area contributed by atoms with E-state index in [0.29, 0.717) is 12.1 Å². The Morgan fingerprint density at radius 3 is 2.82 bits per heavy atom. The molecule has 2 rings (SSSR count). The van der Waals surface area contributed by atoms with Crippen molar-refractivity contribution in [3.63, 3.8) is 0 Å². The minimum Gasteiger partial charge on any atom is -0.338 e. The first-order chi connectivity index (χ1) is 8.22. The van der Waals surface area contributed by atoms with Gasteiger partial charge in [-0.25, -0.2) is 0 Å². The molecule has 5 nitrogen and oxygen atoms in total. The number of hydrogen-bond acceptors (Lipinski definition) is 5. The van der Waals surface area contributed by atoms with Gasteiger partial charge in [0.1, 0.15) is 0 Å². The number of aromatic nitrogens is 2. The van der Waals surface area contributed by atoms with Gasteiger partial charge < -0.3 is 9.84 Å². The third-order valence-corrected chi connectivity index (χ3v) is 3.49. The van der Waals surface area contributed by atoms with E-state index in [2.05, 4.69) is 34.2 Å². The maximum Gasteiger partial charge on any atom is 0.240 e. The van der Waals surface area contributed by atoms with E-state index in [1.54, 1.807) is 0 Å². The van der Waals surface area contributed by atoms with Gasteiger partial charge in [-0.3, -0.25) is 4.90 Å². The number of nitrogens with zero attached hydrogens (tertiary/aromatic N) is 3. The second-order valence-corrected chi connectivity index (χ2v) is 4.74. The Morgan fingerprint density at radius 1 is 1.41 bits per heavy atom. The van der Waals surface area contributed by atoms with Crippen molar-refractivity contribution in [2.45, 2.75) is 52.2 Å². The van der Waals surface area contributed by atoms with Crippen LogP contribution < -0.4 is 5.32 Å². The van der Waals surface area contributed by atoms with Crippen LogP contribution in [0.4, 0.5) is 0 Å². The number of hydrogen-bond donors (Lipinski definition) is 1. The number of rotatable bonds is 4. The fraction of sp³-hybridized carbons (Fsp3) is 0.833. The smallest absolute Gasteiger partial charge is 0.240 e. The van der Waals surface area contributed by atoms with E-state index in [1.807, 2.05) is 6.92 Å². The van der Waals surface area contributed by atoms with E-state index in [0.717, 1.165) is 44.2 Å². The van der Waals surface area contributed by atoms with Gasteiger partial charge in [0.15, 0.2) is 5.82 Å². The van der Waals surface area contributed by atoms with E-state index in [-0.39, 0.29) is 0 Å². The fourth-order valence-electron chi connectivity index (χ4n) is 2.38. The average molecular weight is 238 g/mol. The first kappa shape index (κ1) is 12.5. The Balaban J connectivity index is 2.00. The summed E-state index contributed by atoms with van der Waals surface area (Å²) in [6, 6.07) is 1.16. The topological polar surface area (TPSA) is 54.2 Å². The van der Waals surface area contributed by atoms with Gasteiger partial charge in [-0.2, -0.15) is 4.98 Å². The molecular weight excluding hydrogens is 216 g/mol. The second kappa shape index (κ2) is 5.60. The predicted molar refractivity (Wildman–Crippen MR) is 65.6 cm³/mol. The molecule has 0 amide bonds. The maximum absolute atomic E-state index is 5.21. The molecule has 1 saturated heterocycles. The van der Waals surface area contributed by atoms with Gasteiger partial charge in [-0.15, -0.1) is 0 Å². The standard InChI is InChI=1S/C12H22N4O/c1-4-10-7-16(11(5-2)6-13-10)8-12-14-9(3)15-17-12/h10-11,13H,4-8H2,1-3H3. The Hall–Kier alpha value is -0.940. The minimum atomic E-state index is 0.574. The molecule has 0 saturated carbocycles. The summed E-state index contributed by atoms with van der Waals surface area (Å²) < 4.78 is 5.21. The van der Waals surface area contributed by atoms with Crippen molar-refractivity contribution >= 4 is 0 Å². The van der Waals surface area contributed by atoms with Crippen LogP contribution in [0.3, 0.4) is 0 Å². The predicted octanol–water partition coefficient (Wildman–Crippen LogP) is 1.34. The number of nitrogens with one attached hydrogen (secondary N) is 1. The zero-order valence-corrected chi connectivity index (χ0v) is 10.9. The molecule has 5 heteroatoms. The lowest BCUT2D eigenvalue weighted by atomic mass is 10.1.